The van der Waals surface area contributed by atoms with Gasteiger partial charge in [-0.25, -0.2) is 4.99 Å². The van der Waals surface area contributed by atoms with Gasteiger partial charge >= 0.3 is 0 Å². The molecular formula is C20H19BrN2OS. The monoisotopic (exact) mass is 414 g/mol. The van der Waals surface area contributed by atoms with E-state index in [0.717, 1.165) is 32.0 Å². The smallest absolute Gasteiger partial charge is 0.190 e. The average Bonchev–Trinajstić information content (AvgIpc) is 3.01. The second-order valence-corrected chi connectivity index (χ2v) is 7.10. The topological polar surface area (TPSA) is 26.5 Å². The molecule has 0 aliphatic heterocycles. The number of hydrogen-bond acceptors (Lipinski definition) is 3. The van der Waals surface area contributed by atoms with Gasteiger partial charge < -0.3 is 9.30 Å². The lowest BCUT2D eigenvalue weighted by Gasteiger charge is -2.07. The number of nitrogens with zero attached hydrogens (tertiary/aromatic N) is 2. The molecule has 3 nitrogen and oxygen atoms in total. The van der Waals surface area contributed by atoms with Crippen LogP contribution in [-0.4, -0.2) is 11.2 Å². The molecule has 2 aromatic carbocycles. The third kappa shape index (κ3) is 4.30. The minimum absolute atomic E-state index is 0.664. The van der Waals surface area contributed by atoms with Crippen molar-refractivity contribution in [1.29, 1.82) is 0 Å². The number of halogens is 1. The van der Waals surface area contributed by atoms with Crippen LogP contribution in [0.5, 0.6) is 5.75 Å². The maximum atomic E-state index is 5.48. The van der Waals surface area contributed by atoms with Crippen molar-refractivity contribution in [3.8, 4) is 17.0 Å². The molecule has 5 heteroatoms. The van der Waals surface area contributed by atoms with Crippen LogP contribution in [0, 0.1) is 0 Å². The van der Waals surface area contributed by atoms with Crippen molar-refractivity contribution in [1.82, 2.24) is 4.57 Å². The van der Waals surface area contributed by atoms with Crippen LogP contribution in [0.15, 0.2) is 76.0 Å². The van der Waals surface area contributed by atoms with Gasteiger partial charge in [-0.1, -0.05) is 34.1 Å². The SMILES string of the molecule is C=CCn1c(-c2ccc(Br)cc2)csc1=Nc1ccc(OCC)cc1. The molecular weight excluding hydrogens is 396 g/mol. The summed E-state index contributed by atoms with van der Waals surface area (Å²) in [5, 5.41) is 2.14. The van der Waals surface area contributed by atoms with E-state index in [4.69, 9.17) is 9.73 Å². The summed E-state index contributed by atoms with van der Waals surface area (Å²) < 4.78 is 8.73. The fraction of sp³-hybridized carbons (Fsp3) is 0.150. The number of hydrogen-bond donors (Lipinski definition) is 0. The summed E-state index contributed by atoms with van der Waals surface area (Å²) in [6, 6.07) is 16.2. The quantitative estimate of drug-likeness (QED) is 0.468. The predicted molar refractivity (Wildman–Crippen MR) is 108 cm³/mol. The van der Waals surface area contributed by atoms with E-state index in [1.807, 2.05) is 37.3 Å². The third-order valence-electron chi connectivity index (χ3n) is 3.62. The Kier molecular flexibility index (Phi) is 5.89. The summed E-state index contributed by atoms with van der Waals surface area (Å²) in [6.07, 6.45) is 1.90. The highest BCUT2D eigenvalue weighted by atomic mass is 79.9. The second kappa shape index (κ2) is 8.32. The van der Waals surface area contributed by atoms with Gasteiger partial charge in [0.1, 0.15) is 5.75 Å². The zero-order valence-electron chi connectivity index (χ0n) is 14.0. The molecule has 0 fully saturated rings. The zero-order valence-corrected chi connectivity index (χ0v) is 16.4. The van der Waals surface area contributed by atoms with E-state index in [9.17, 15) is 0 Å². The molecule has 0 N–H and O–H groups in total. The Bertz CT molecular complexity index is 908. The van der Waals surface area contributed by atoms with Crippen LogP contribution in [0.3, 0.4) is 0 Å². The molecule has 1 heterocycles. The molecule has 0 amide bonds. The molecule has 3 rings (SSSR count). The molecule has 0 unspecified atom stereocenters. The summed E-state index contributed by atoms with van der Waals surface area (Å²) in [7, 11) is 0. The van der Waals surface area contributed by atoms with Crippen LogP contribution in [0.25, 0.3) is 11.3 Å². The van der Waals surface area contributed by atoms with Gasteiger partial charge in [-0.2, -0.15) is 0 Å². The predicted octanol–water partition coefficient (Wildman–Crippen LogP) is 5.80. The molecule has 0 aliphatic carbocycles. The van der Waals surface area contributed by atoms with Gasteiger partial charge in [0.05, 0.1) is 18.0 Å². The molecule has 0 radical (unpaired) electrons. The lowest BCUT2D eigenvalue weighted by molar-refractivity contribution is 0.340. The molecule has 25 heavy (non-hydrogen) atoms. The summed E-state index contributed by atoms with van der Waals surface area (Å²) in [6.45, 7) is 7.24. The zero-order chi connectivity index (χ0) is 17.6. The Morgan fingerprint density at radius 1 is 1.16 bits per heavy atom. The molecule has 3 aromatic rings. The average molecular weight is 415 g/mol. The first-order valence-corrected chi connectivity index (χ1v) is 9.71. The fourth-order valence-corrected chi connectivity index (χ4v) is 3.67. The summed E-state index contributed by atoms with van der Waals surface area (Å²) in [5.41, 5.74) is 3.21. The molecule has 0 saturated heterocycles. The van der Waals surface area contributed by atoms with Crippen LogP contribution in [-0.2, 0) is 6.54 Å². The molecule has 0 spiro atoms. The van der Waals surface area contributed by atoms with Crippen molar-refractivity contribution in [2.24, 2.45) is 4.99 Å². The third-order valence-corrected chi connectivity index (χ3v) is 5.01. The van der Waals surface area contributed by atoms with E-state index in [2.05, 4.69) is 56.7 Å². The Morgan fingerprint density at radius 2 is 1.88 bits per heavy atom. The van der Waals surface area contributed by atoms with E-state index >= 15 is 0 Å². The first kappa shape index (κ1) is 17.7. The van der Waals surface area contributed by atoms with Gasteiger partial charge in [-0.3, -0.25) is 0 Å². The highest BCUT2D eigenvalue weighted by molar-refractivity contribution is 9.10. The number of benzene rings is 2. The van der Waals surface area contributed by atoms with E-state index < -0.39 is 0 Å². The Morgan fingerprint density at radius 3 is 2.52 bits per heavy atom. The van der Waals surface area contributed by atoms with Crippen molar-refractivity contribution >= 4 is 33.0 Å². The Labute approximate surface area is 160 Å². The normalized spacial score (nSPS) is 11.5. The van der Waals surface area contributed by atoms with Gasteiger partial charge in [0.25, 0.3) is 0 Å². The number of aromatic nitrogens is 1. The van der Waals surface area contributed by atoms with Crippen LogP contribution in [0.4, 0.5) is 5.69 Å². The van der Waals surface area contributed by atoms with Crippen LogP contribution >= 0.6 is 27.3 Å². The maximum absolute atomic E-state index is 5.48. The first-order chi connectivity index (χ1) is 12.2. The van der Waals surface area contributed by atoms with Crippen molar-refractivity contribution in [2.75, 3.05) is 6.61 Å². The number of thiazole rings is 1. The van der Waals surface area contributed by atoms with Crippen molar-refractivity contribution in [3.05, 3.63) is 75.8 Å². The molecule has 1 aromatic heterocycles. The van der Waals surface area contributed by atoms with E-state index in [0.29, 0.717) is 13.2 Å². The van der Waals surface area contributed by atoms with Gasteiger partial charge in [-0.15, -0.1) is 17.9 Å². The highest BCUT2D eigenvalue weighted by Crippen LogP contribution is 2.23. The van der Waals surface area contributed by atoms with Gasteiger partial charge in [0, 0.05) is 16.4 Å². The first-order valence-electron chi connectivity index (χ1n) is 8.04. The Hall–Kier alpha value is -2.11. The van der Waals surface area contributed by atoms with E-state index in [1.165, 1.54) is 0 Å². The van der Waals surface area contributed by atoms with Gasteiger partial charge in [-0.05, 0) is 48.9 Å². The van der Waals surface area contributed by atoms with Gasteiger partial charge in [0.2, 0.25) is 0 Å². The maximum Gasteiger partial charge on any atom is 0.190 e. The Balaban J connectivity index is 2.01. The summed E-state index contributed by atoms with van der Waals surface area (Å²) >= 11 is 5.11. The van der Waals surface area contributed by atoms with E-state index in [1.54, 1.807) is 11.3 Å². The second-order valence-electron chi connectivity index (χ2n) is 5.35. The van der Waals surface area contributed by atoms with E-state index in [-0.39, 0.29) is 0 Å². The fourth-order valence-electron chi connectivity index (χ4n) is 2.47. The summed E-state index contributed by atoms with van der Waals surface area (Å²) in [4.78, 5) is 5.74. The molecule has 0 aliphatic rings. The van der Waals surface area contributed by atoms with Crippen molar-refractivity contribution < 1.29 is 4.74 Å². The number of allylic oxidation sites excluding steroid dienone is 1. The minimum Gasteiger partial charge on any atom is -0.494 e. The van der Waals surface area contributed by atoms with Crippen LogP contribution in [0.2, 0.25) is 0 Å². The molecule has 128 valence electrons. The lowest BCUT2D eigenvalue weighted by Crippen LogP contribution is -2.14. The summed E-state index contributed by atoms with van der Waals surface area (Å²) in [5.74, 6) is 0.863. The minimum atomic E-state index is 0.664. The standard InChI is InChI=1S/C20H19BrN2OS/c1-3-13-23-19(15-5-7-16(21)8-6-15)14-25-20(23)22-17-9-11-18(12-10-17)24-4-2/h3,5-12,14H,1,4,13H2,2H3. The molecule has 0 bridgehead atoms. The number of ether oxygens (including phenoxy) is 1. The number of rotatable bonds is 6. The van der Waals surface area contributed by atoms with Crippen molar-refractivity contribution in [2.45, 2.75) is 13.5 Å². The van der Waals surface area contributed by atoms with Crippen LogP contribution < -0.4 is 9.54 Å². The lowest BCUT2D eigenvalue weighted by atomic mass is 10.2. The molecule has 0 saturated carbocycles. The largest absolute Gasteiger partial charge is 0.494 e. The van der Waals surface area contributed by atoms with Crippen molar-refractivity contribution in [3.63, 3.8) is 0 Å². The highest BCUT2D eigenvalue weighted by Gasteiger charge is 2.07. The van der Waals surface area contributed by atoms with Gasteiger partial charge in [0.15, 0.2) is 4.80 Å². The molecule has 0 atom stereocenters. The van der Waals surface area contributed by atoms with Crippen LogP contribution in [0.1, 0.15) is 6.92 Å².